The van der Waals surface area contributed by atoms with E-state index in [-0.39, 0.29) is 18.1 Å². The molecule has 0 aliphatic heterocycles. The van der Waals surface area contributed by atoms with Gasteiger partial charge in [-0.1, -0.05) is 30.3 Å². The molecular weight excluding hydrogens is 442 g/mol. The molecule has 2 N–H and O–H groups in total. The fourth-order valence-corrected chi connectivity index (χ4v) is 2.61. The lowest BCUT2D eigenvalue weighted by Crippen LogP contribution is -2.32. The van der Waals surface area contributed by atoms with Gasteiger partial charge in [-0.3, -0.25) is 9.59 Å². The van der Waals surface area contributed by atoms with Crippen LogP contribution in [0, 0.1) is 5.82 Å². The number of carbonyl (C=O) groups is 2. The molecule has 0 bridgehead atoms. The normalized spacial score (nSPS) is 11.3. The Balaban J connectivity index is 1.53. The van der Waals surface area contributed by atoms with Gasteiger partial charge in [0, 0.05) is 5.69 Å². The van der Waals surface area contributed by atoms with Crippen LogP contribution in [0.15, 0.2) is 77.9 Å². The summed E-state index contributed by atoms with van der Waals surface area (Å²) in [7, 11) is 0. The van der Waals surface area contributed by atoms with Crippen molar-refractivity contribution in [1.82, 2.24) is 5.43 Å². The number of hydrogen-bond acceptors (Lipinski definition) is 4. The molecular formula is C23H17F4N3O3. The highest BCUT2D eigenvalue weighted by molar-refractivity contribution is 6.39. The van der Waals surface area contributed by atoms with Crippen molar-refractivity contribution in [3.63, 3.8) is 0 Å². The molecule has 0 heterocycles. The summed E-state index contributed by atoms with van der Waals surface area (Å²) in [5.41, 5.74) is 2.18. The second-order valence-corrected chi connectivity index (χ2v) is 6.72. The third-order valence-corrected chi connectivity index (χ3v) is 4.21. The van der Waals surface area contributed by atoms with E-state index in [2.05, 4.69) is 10.4 Å². The van der Waals surface area contributed by atoms with Gasteiger partial charge in [-0.05, 0) is 53.6 Å². The number of nitrogens with zero attached hydrogens (tertiary/aromatic N) is 1. The van der Waals surface area contributed by atoms with Gasteiger partial charge in [0.05, 0.1) is 11.8 Å². The first-order chi connectivity index (χ1) is 15.7. The fraction of sp³-hybridized carbons (Fsp3) is 0.0870. The number of halogens is 4. The zero-order chi connectivity index (χ0) is 23.8. The number of rotatable bonds is 6. The number of alkyl halides is 3. The Bertz CT molecular complexity index is 1160. The molecule has 3 aromatic carbocycles. The summed E-state index contributed by atoms with van der Waals surface area (Å²) >= 11 is 0. The van der Waals surface area contributed by atoms with Crippen molar-refractivity contribution in [2.24, 2.45) is 5.10 Å². The van der Waals surface area contributed by atoms with Crippen molar-refractivity contribution < 1.29 is 31.9 Å². The van der Waals surface area contributed by atoms with E-state index in [4.69, 9.17) is 4.74 Å². The van der Waals surface area contributed by atoms with Crippen LogP contribution in [0.5, 0.6) is 5.75 Å². The smallest absolute Gasteiger partial charge is 0.416 e. The average Bonchev–Trinajstić information content (AvgIpc) is 2.78. The number of ether oxygens (including phenoxy) is 1. The maximum absolute atomic E-state index is 12.9. The minimum Gasteiger partial charge on any atom is -0.489 e. The number of benzene rings is 3. The zero-order valence-electron chi connectivity index (χ0n) is 16.9. The minimum absolute atomic E-state index is 0.181. The maximum Gasteiger partial charge on any atom is 0.416 e. The van der Waals surface area contributed by atoms with E-state index in [0.717, 1.165) is 17.7 Å². The van der Waals surface area contributed by atoms with Crippen molar-refractivity contribution in [3.8, 4) is 5.75 Å². The highest BCUT2D eigenvalue weighted by atomic mass is 19.4. The van der Waals surface area contributed by atoms with Gasteiger partial charge in [0.15, 0.2) is 0 Å². The lowest BCUT2D eigenvalue weighted by atomic mass is 10.2. The number of amides is 2. The van der Waals surface area contributed by atoms with Crippen LogP contribution < -0.4 is 15.5 Å². The van der Waals surface area contributed by atoms with Gasteiger partial charge in [0.1, 0.15) is 18.2 Å². The molecule has 10 heteroatoms. The quantitative estimate of drug-likeness (QED) is 0.246. The van der Waals surface area contributed by atoms with Crippen molar-refractivity contribution in [1.29, 1.82) is 0 Å². The van der Waals surface area contributed by atoms with Crippen LogP contribution in [-0.2, 0) is 22.4 Å². The van der Waals surface area contributed by atoms with E-state index in [9.17, 15) is 27.2 Å². The molecule has 0 spiro atoms. The van der Waals surface area contributed by atoms with Gasteiger partial charge in [-0.2, -0.15) is 18.3 Å². The molecule has 0 saturated carbocycles. The molecule has 0 aromatic heterocycles. The van der Waals surface area contributed by atoms with Gasteiger partial charge in [-0.15, -0.1) is 0 Å². The molecule has 3 rings (SSSR count). The maximum atomic E-state index is 12.9. The summed E-state index contributed by atoms with van der Waals surface area (Å²) in [5, 5.41) is 5.75. The van der Waals surface area contributed by atoms with Crippen molar-refractivity contribution in [3.05, 3.63) is 95.3 Å². The van der Waals surface area contributed by atoms with Crippen LogP contribution in [0.4, 0.5) is 23.2 Å². The largest absolute Gasteiger partial charge is 0.489 e. The molecule has 0 saturated heterocycles. The standard InChI is InChI=1S/C23H17F4N3O3/c24-18-9-7-15(8-10-18)14-33-20-6-1-3-16(11-20)13-28-30-22(32)21(31)29-19-5-2-4-17(12-19)23(25,26)27/h1-13H,14H2,(H,29,31)(H,30,32)/b28-13-. The highest BCUT2D eigenvalue weighted by Gasteiger charge is 2.30. The van der Waals surface area contributed by atoms with Gasteiger partial charge in [0.2, 0.25) is 0 Å². The predicted octanol–water partition coefficient (Wildman–Crippen LogP) is 4.51. The predicted molar refractivity (Wildman–Crippen MR) is 113 cm³/mol. The van der Waals surface area contributed by atoms with Crippen molar-refractivity contribution in [2.45, 2.75) is 12.8 Å². The van der Waals surface area contributed by atoms with E-state index >= 15 is 0 Å². The van der Waals surface area contributed by atoms with E-state index in [0.29, 0.717) is 17.4 Å². The van der Waals surface area contributed by atoms with Crippen molar-refractivity contribution >= 4 is 23.7 Å². The Morgan fingerprint density at radius 1 is 0.939 bits per heavy atom. The number of carbonyl (C=O) groups excluding carboxylic acids is 2. The highest BCUT2D eigenvalue weighted by Crippen LogP contribution is 2.30. The molecule has 170 valence electrons. The number of anilines is 1. The molecule has 0 unspecified atom stereocenters. The topological polar surface area (TPSA) is 79.8 Å². The second-order valence-electron chi connectivity index (χ2n) is 6.72. The minimum atomic E-state index is -4.58. The number of hydrogen-bond donors (Lipinski definition) is 2. The molecule has 0 atom stereocenters. The monoisotopic (exact) mass is 459 g/mol. The van der Waals surface area contributed by atoms with Gasteiger partial charge < -0.3 is 10.1 Å². The van der Waals surface area contributed by atoms with Crippen LogP contribution in [0.3, 0.4) is 0 Å². The van der Waals surface area contributed by atoms with Gasteiger partial charge in [-0.25, -0.2) is 9.82 Å². The van der Waals surface area contributed by atoms with Gasteiger partial charge in [0.25, 0.3) is 0 Å². The third-order valence-electron chi connectivity index (χ3n) is 4.21. The fourth-order valence-electron chi connectivity index (χ4n) is 2.61. The SMILES string of the molecule is O=C(N/N=C\c1cccc(OCc2ccc(F)cc2)c1)C(=O)Nc1cccc(C(F)(F)F)c1. The molecule has 0 aliphatic rings. The Morgan fingerprint density at radius 2 is 1.67 bits per heavy atom. The van der Waals surface area contributed by atoms with E-state index in [1.165, 1.54) is 24.4 Å². The van der Waals surface area contributed by atoms with Crippen LogP contribution in [-0.4, -0.2) is 18.0 Å². The van der Waals surface area contributed by atoms with Crippen LogP contribution in [0.25, 0.3) is 0 Å². The van der Waals surface area contributed by atoms with E-state index in [1.807, 2.05) is 5.43 Å². The molecule has 33 heavy (non-hydrogen) atoms. The van der Waals surface area contributed by atoms with Crippen LogP contribution in [0.1, 0.15) is 16.7 Å². The molecule has 0 fully saturated rings. The summed E-state index contributed by atoms with van der Waals surface area (Å²) in [6, 6.07) is 16.4. The Hall–Kier alpha value is -4.21. The summed E-state index contributed by atoms with van der Waals surface area (Å²) < 4.78 is 56.8. The zero-order valence-corrected chi connectivity index (χ0v) is 16.9. The summed E-state index contributed by atoms with van der Waals surface area (Å²) in [6.45, 7) is 0.216. The first-order valence-corrected chi connectivity index (χ1v) is 9.50. The van der Waals surface area contributed by atoms with Crippen molar-refractivity contribution in [2.75, 3.05) is 5.32 Å². The first kappa shape index (κ1) is 23.5. The molecule has 0 radical (unpaired) electrons. The Kier molecular flexibility index (Phi) is 7.39. The average molecular weight is 459 g/mol. The number of hydrazone groups is 1. The van der Waals surface area contributed by atoms with E-state index in [1.54, 1.807) is 36.4 Å². The Labute approximate surface area is 185 Å². The summed E-state index contributed by atoms with van der Waals surface area (Å²) in [4.78, 5) is 23.7. The third kappa shape index (κ3) is 7.17. The molecule has 6 nitrogen and oxygen atoms in total. The molecule has 2 amide bonds. The first-order valence-electron chi connectivity index (χ1n) is 9.50. The van der Waals surface area contributed by atoms with E-state index < -0.39 is 23.6 Å². The molecule has 3 aromatic rings. The Morgan fingerprint density at radius 3 is 2.39 bits per heavy atom. The molecule has 0 aliphatic carbocycles. The number of nitrogens with one attached hydrogen (secondary N) is 2. The second kappa shape index (κ2) is 10.4. The van der Waals surface area contributed by atoms with Gasteiger partial charge >= 0.3 is 18.0 Å². The lowest BCUT2D eigenvalue weighted by Gasteiger charge is -2.09. The summed E-state index contributed by atoms with van der Waals surface area (Å²) in [5.74, 6) is -2.19. The summed E-state index contributed by atoms with van der Waals surface area (Å²) in [6.07, 6.45) is -3.31. The van der Waals surface area contributed by atoms with Crippen LogP contribution in [0.2, 0.25) is 0 Å². The van der Waals surface area contributed by atoms with Crippen LogP contribution >= 0.6 is 0 Å². The lowest BCUT2D eigenvalue weighted by molar-refractivity contribution is -0.137.